The zero-order chi connectivity index (χ0) is 20.3. The minimum atomic E-state index is -3.03. The van der Waals surface area contributed by atoms with Crippen LogP contribution in [0.5, 0.6) is 6.01 Å². The number of halogens is 4. The van der Waals surface area contributed by atoms with Gasteiger partial charge in [0.05, 0.1) is 12.2 Å². The van der Waals surface area contributed by atoms with Crippen molar-refractivity contribution < 1.29 is 17.9 Å². The molecule has 0 bridgehead atoms. The van der Waals surface area contributed by atoms with Crippen molar-refractivity contribution in [2.45, 2.75) is 10.5 Å². The van der Waals surface area contributed by atoms with E-state index in [-0.39, 0.29) is 12.6 Å². The molecule has 0 amide bonds. The summed E-state index contributed by atoms with van der Waals surface area (Å²) in [4.78, 5) is 19.8. The first-order valence-electron chi connectivity index (χ1n) is 7.86. The van der Waals surface area contributed by atoms with Crippen molar-refractivity contribution in [3.8, 4) is 17.3 Å². The maximum atomic E-state index is 14.0. The Morgan fingerprint density at radius 1 is 1.18 bits per heavy atom. The topological polar surface area (TPSA) is 69.9 Å². The van der Waals surface area contributed by atoms with Crippen LogP contribution in [0.25, 0.3) is 11.3 Å². The maximum Gasteiger partial charge on any atom is 0.329 e. The Balaban J connectivity index is 1.84. The fourth-order valence-electron chi connectivity index (χ4n) is 2.28. The van der Waals surface area contributed by atoms with E-state index in [1.807, 2.05) is 0 Å². The van der Waals surface area contributed by atoms with E-state index in [1.165, 1.54) is 30.6 Å². The Labute approximate surface area is 173 Å². The van der Waals surface area contributed by atoms with Crippen LogP contribution >= 0.6 is 31.8 Å². The standard InChI is InChI=1S/C17H13F3IN4O2P/c18-12-2-1-3-14(28)11(12)8-25-15(26)5-4-13(24-25)10-6-22-16(23-7-10)27-9-17(19,20)21/h1-7H,8-9,28H2. The molecule has 146 valence electrons. The molecule has 0 aliphatic rings. The van der Waals surface area contributed by atoms with E-state index in [9.17, 15) is 18.0 Å². The molecule has 0 saturated heterocycles. The molecule has 3 rings (SSSR count). The molecule has 0 aliphatic carbocycles. The molecule has 1 unspecified atom stereocenters. The molecule has 28 heavy (non-hydrogen) atoms. The third-order valence-corrected chi connectivity index (χ3v) is 4.47. The molecule has 2 aromatic heterocycles. The number of aromatic nitrogens is 4. The van der Waals surface area contributed by atoms with Crippen molar-refractivity contribution >= 4 is 37.1 Å². The Morgan fingerprint density at radius 3 is 2.54 bits per heavy atom. The summed E-state index contributed by atoms with van der Waals surface area (Å²) in [7, 11) is 2.42. The summed E-state index contributed by atoms with van der Waals surface area (Å²) in [5, 5.41) is 4.84. The lowest BCUT2D eigenvalue weighted by Crippen LogP contribution is -2.25. The normalized spacial score (nSPS) is 11.5. The second-order valence-electron chi connectivity index (χ2n) is 5.68. The van der Waals surface area contributed by atoms with Crippen molar-refractivity contribution in [3.05, 3.63) is 64.5 Å². The van der Waals surface area contributed by atoms with Gasteiger partial charge in [-0.3, -0.25) is 4.79 Å². The van der Waals surface area contributed by atoms with Crippen molar-refractivity contribution in [2.24, 2.45) is 0 Å². The first kappa shape index (κ1) is 20.7. The fourth-order valence-corrected chi connectivity index (χ4v) is 2.77. The third-order valence-electron chi connectivity index (χ3n) is 3.62. The first-order valence-corrected chi connectivity index (χ1v) is 9.51. The van der Waals surface area contributed by atoms with Gasteiger partial charge in [0.2, 0.25) is 0 Å². The largest absolute Gasteiger partial charge is 0.456 e. The van der Waals surface area contributed by atoms with E-state index in [1.54, 1.807) is 12.1 Å². The highest BCUT2D eigenvalue weighted by molar-refractivity contribution is 14.1. The number of nitrogens with zero attached hydrogens (tertiary/aromatic N) is 4. The fraction of sp³-hybridized carbons (Fsp3) is 0.176. The van der Waals surface area contributed by atoms with E-state index >= 15 is 0 Å². The van der Waals surface area contributed by atoms with Crippen LogP contribution < -0.4 is 15.6 Å². The van der Waals surface area contributed by atoms with Gasteiger partial charge in [-0.05, 0) is 17.4 Å². The lowest BCUT2D eigenvalue weighted by molar-refractivity contribution is 0.0603. The molecule has 0 spiro atoms. The monoisotopic (exact) mass is 520 g/mol. The Kier molecular flexibility index (Phi) is 6.29. The summed E-state index contributed by atoms with van der Waals surface area (Å²) in [6.07, 6.45) is 2.68. The molecule has 0 aliphatic heterocycles. The second kappa shape index (κ2) is 8.52. The second-order valence-corrected chi connectivity index (χ2v) is 7.88. The van der Waals surface area contributed by atoms with Gasteiger partial charge < -0.3 is 4.74 Å². The minimum Gasteiger partial charge on any atom is -0.456 e. The molecule has 2 heterocycles. The van der Waals surface area contributed by atoms with Crippen molar-refractivity contribution in [1.82, 2.24) is 19.7 Å². The molecule has 0 N–H and O–H groups in total. The summed E-state index contributed by atoms with van der Waals surface area (Å²) in [6, 6.07) is 7.16. The molecule has 0 fully saturated rings. The summed E-state index contributed by atoms with van der Waals surface area (Å²) >= 11 is 0.955. The molecular formula is C17H13F3IN4O2P. The van der Waals surface area contributed by atoms with Crippen LogP contribution in [0.15, 0.2) is 47.5 Å². The van der Waals surface area contributed by atoms with Crippen LogP contribution in [0, 0.1) is 5.82 Å². The van der Waals surface area contributed by atoms with Crippen LogP contribution in [-0.4, -0.2) is 30.3 Å². The average molecular weight is 520 g/mol. The van der Waals surface area contributed by atoms with E-state index < -0.39 is 21.9 Å². The number of ether oxygens (including phenoxy) is 1. The molecule has 0 saturated carbocycles. The summed E-state index contributed by atoms with van der Waals surface area (Å²) in [5.41, 5.74) is 0.745. The van der Waals surface area contributed by atoms with Crippen molar-refractivity contribution in [1.29, 1.82) is 0 Å². The average Bonchev–Trinajstić information content (AvgIpc) is 2.64. The highest BCUT2D eigenvalue weighted by atomic mass is 127. The van der Waals surface area contributed by atoms with Gasteiger partial charge in [-0.1, -0.05) is 12.1 Å². The van der Waals surface area contributed by atoms with Gasteiger partial charge in [-0.15, -0.1) is 9.24 Å². The molecule has 6 nitrogen and oxygen atoms in total. The molecular weight excluding hydrogens is 507 g/mol. The van der Waals surface area contributed by atoms with Gasteiger partial charge in [0.15, 0.2) is 6.61 Å². The SMILES string of the molecule is O=c1ccc(-c2cnc(OCC(F)(F)I)nc2)nn1Cc1c(F)cccc1P. The number of hydrogen-bond acceptors (Lipinski definition) is 5. The zero-order valence-corrected chi connectivity index (χ0v) is 17.5. The summed E-state index contributed by atoms with van der Waals surface area (Å²) in [5.74, 6) is -0.441. The van der Waals surface area contributed by atoms with Gasteiger partial charge in [0.1, 0.15) is 5.82 Å². The third kappa shape index (κ3) is 5.26. The minimum absolute atomic E-state index is 0.0506. The molecule has 0 radical (unpaired) electrons. The smallest absolute Gasteiger partial charge is 0.329 e. The Morgan fingerprint density at radius 2 is 1.89 bits per heavy atom. The van der Waals surface area contributed by atoms with Gasteiger partial charge in [0, 0.05) is 52.2 Å². The van der Waals surface area contributed by atoms with E-state index in [4.69, 9.17) is 4.74 Å². The van der Waals surface area contributed by atoms with Crippen LogP contribution in [0.2, 0.25) is 0 Å². The molecule has 1 atom stereocenters. The Hall–Kier alpha value is -2.07. The molecule has 3 aromatic rings. The van der Waals surface area contributed by atoms with Gasteiger partial charge in [0.25, 0.3) is 5.56 Å². The van der Waals surface area contributed by atoms with E-state index in [0.29, 0.717) is 22.1 Å². The maximum absolute atomic E-state index is 14.0. The van der Waals surface area contributed by atoms with E-state index in [2.05, 4.69) is 24.3 Å². The lowest BCUT2D eigenvalue weighted by Gasteiger charge is -2.11. The number of alkyl halides is 3. The van der Waals surface area contributed by atoms with Crippen LogP contribution in [0.4, 0.5) is 13.2 Å². The quantitative estimate of drug-likeness (QED) is 0.284. The van der Waals surface area contributed by atoms with Crippen molar-refractivity contribution in [3.63, 3.8) is 0 Å². The van der Waals surface area contributed by atoms with Crippen LogP contribution in [0.1, 0.15) is 5.56 Å². The first-order chi connectivity index (χ1) is 13.2. The van der Waals surface area contributed by atoms with Crippen LogP contribution in [0.3, 0.4) is 0 Å². The number of rotatable bonds is 6. The zero-order valence-electron chi connectivity index (χ0n) is 14.2. The highest BCUT2D eigenvalue weighted by Crippen LogP contribution is 2.23. The van der Waals surface area contributed by atoms with E-state index in [0.717, 1.165) is 27.3 Å². The Bertz CT molecular complexity index is 1020. The number of benzene rings is 1. The van der Waals surface area contributed by atoms with Gasteiger partial charge in [-0.25, -0.2) is 19.0 Å². The van der Waals surface area contributed by atoms with Gasteiger partial charge in [-0.2, -0.15) is 13.9 Å². The predicted molar refractivity (Wildman–Crippen MR) is 109 cm³/mol. The van der Waals surface area contributed by atoms with Gasteiger partial charge >= 0.3 is 9.94 Å². The summed E-state index contributed by atoms with van der Waals surface area (Å²) < 4.78 is 42.6. The number of hydrogen-bond donors (Lipinski definition) is 0. The molecule has 11 heteroatoms. The molecule has 1 aromatic carbocycles. The summed E-state index contributed by atoms with van der Waals surface area (Å²) in [6.45, 7) is -0.902. The van der Waals surface area contributed by atoms with Crippen LogP contribution in [-0.2, 0) is 6.54 Å². The lowest BCUT2D eigenvalue weighted by atomic mass is 10.2. The van der Waals surface area contributed by atoms with Crippen molar-refractivity contribution in [2.75, 3.05) is 6.61 Å². The highest BCUT2D eigenvalue weighted by Gasteiger charge is 2.25. The predicted octanol–water partition coefficient (Wildman–Crippen LogP) is 2.79.